The maximum absolute atomic E-state index is 12.2. The second-order valence-corrected chi connectivity index (χ2v) is 7.94. The van der Waals surface area contributed by atoms with E-state index in [1.165, 1.54) is 4.90 Å². The fourth-order valence-corrected chi connectivity index (χ4v) is 3.61. The van der Waals surface area contributed by atoms with Gasteiger partial charge in [-0.25, -0.2) is 13.1 Å². The van der Waals surface area contributed by atoms with Gasteiger partial charge in [0.1, 0.15) is 13.1 Å². The normalized spacial score (nSPS) is 17.4. The van der Waals surface area contributed by atoms with Crippen LogP contribution in [0.25, 0.3) is 0 Å². The fourth-order valence-electron chi connectivity index (χ4n) is 2.48. The lowest BCUT2D eigenvalue weighted by molar-refractivity contribution is -0.900. The van der Waals surface area contributed by atoms with Crippen molar-refractivity contribution in [2.24, 2.45) is 0 Å². The molecule has 0 aliphatic carbocycles. The van der Waals surface area contributed by atoms with E-state index < -0.39 is 10.0 Å². The molecule has 8 heteroatoms. The summed E-state index contributed by atoms with van der Waals surface area (Å²) in [5.74, 6) is -0.0751. The number of amides is 1. The summed E-state index contributed by atoms with van der Waals surface area (Å²) < 4.78 is 32.2. The van der Waals surface area contributed by atoms with Crippen molar-refractivity contribution in [1.82, 2.24) is 10.0 Å². The second-order valence-electron chi connectivity index (χ2n) is 6.17. The number of hydrogen-bond acceptors (Lipinski definition) is 4. The lowest BCUT2D eigenvalue weighted by Crippen LogP contribution is -3.15. The minimum Gasteiger partial charge on any atom is -0.370 e. The van der Waals surface area contributed by atoms with Crippen molar-refractivity contribution < 1.29 is 22.8 Å². The van der Waals surface area contributed by atoms with Gasteiger partial charge in [-0.2, -0.15) is 0 Å². The zero-order valence-corrected chi connectivity index (χ0v) is 15.0. The fraction of sp³-hybridized carbons (Fsp3) is 0.562. The molecule has 24 heavy (non-hydrogen) atoms. The predicted octanol–water partition coefficient (Wildman–Crippen LogP) is -1.31. The molecule has 1 amide bonds. The van der Waals surface area contributed by atoms with Crippen LogP contribution in [0.4, 0.5) is 0 Å². The lowest BCUT2D eigenvalue weighted by Gasteiger charge is -2.24. The van der Waals surface area contributed by atoms with Crippen LogP contribution in [0.3, 0.4) is 0 Å². The summed E-state index contributed by atoms with van der Waals surface area (Å²) >= 11 is 0. The molecule has 1 aromatic carbocycles. The zero-order valence-electron chi connectivity index (χ0n) is 14.2. The number of morpholine rings is 1. The molecule has 0 bridgehead atoms. The van der Waals surface area contributed by atoms with Crippen LogP contribution < -0.4 is 14.9 Å². The molecule has 7 nitrogen and oxygen atoms in total. The molecule has 1 fully saturated rings. The van der Waals surface area contributed by atoms with Gasteiger partial charge in [0.15, 0.2) is 6.54 Å². The van der Waals surface area contributed by atoms with Gasteiger partial charge in [-0.05, 0) is 26.0 Å². The smallest absolute Gasteiger partial charge is 0.275 e. The molecule has 1 heterocycles. The zero-order chi connectivity index (χ0) is 17.6. The first kappa shape index (κ1) is 18.9. The molecule has 1 atom stereocenters. The third kappa shape index (κ3) is 5.86. The van der Waals surface area contributed by atoms with Crippen molar-refractivity contribution in [3.05, 3.63) is 29.8 Å². The van der Waals surface area contributed by atoms with Crippen LogP contribution in [0, 0.1) is 6.92 Å². The Morgan fingerprint density at radius 3 is 2.50 bits per heavy atom. The highest BCUT2D eigenvalue weighted by atomic mass is 32.2. The summed E-state index contributed by atoms with van der Waals surface area (Å²) in [7, 11) is -3.56. The summed E-state index contributed by atoms with van der Waals surface area (Å²) in [4.78, 5) is 13.4. The lowest BCUT2D eigenvalue weighted by atomic mass is 10.2. The number of benzene rings is 1. The van der Waals surface area contributed by atoms with Crippen molar-refractivity contribution in [3.63, 3.8) is 0 Å². The molecule has 0 aromatic heterocycles. The average molecular weight is 356 g/mol. The van der Waals surface area contributed by atoms with Crippen LogP contribution in [0.1, 0.15) is 12.5 Å². The number of carbonyl (C=O) groups excluding carboxylic acids is 1. The highest BCUT2D eigenvalue weighted by Crippen LogP contribution is 2.09. The molecular formula is C16H26N3O4S+. The SMILES string of the molecule is Cc1ccc(S(=O)(=O)NCC(C)NC(=O)C[NH+]2CCOCC2)cc1. The molecule has 1 aliphatic rings. The van der Waals surface area contributed by atoms with Gasteiger partial charge in [-0.1, -0.05) is 17.7 Å². The number of quaternary nitrogens is 1. The Labute approximate surface area is 143 Å². The number of ether oxygens (including phenoxy) is 1. The summed E-state index contributed by atoms with van der Waals surface area (Å²) in [5.41, 5.74) is 1.00. The first-order chi connectivity index (χ1) is 11.4. The quantitative estimate of drug-likeness (QED) is 0.566. The van der Waals surface area contributed by atoms with Gasteiger partial charge in [0.05, 0.1) is 18.1 Å². The molecule has 1 unspecified atom stereocenters. The highest BCUT2D eigenvalue weighted by Gasteiger charge is 2.20. The van der Waals surface area contributed by atoms with E-state index in [9.17, 15) is 13.2 Å². The van der Waals surface area contributed by atoms with Crippen molar-refractivity contribution in [1.29, 1.82) is 0 Å². The number of hydrogen-bond donors (Lipinski definition) is 3. The van der Waals surface area contributed by atoms with E-state index in [-0.39, 0.29) is 23.4 Å². The molecule has 134 valence electrons. The first-order valence-electron chi connectivity index (χ1n) is 8.14. The number of aryl methyl sites for hydroxylation is 1. The Hall–Kier alpha value is -1.48. The number of rotatable bonds is 7. The van der Waals surface area contributed by atoms with Crippen molar-refractivity contribution in [2.75, 3.05) is 39.4 Å². The number of nitrogens with one attached hydrogen (secondary N) is 3. The number of carbonyl (C=O) groups is 1. The van der Waals surface area contributed by atoms with Gasteiger partial charge < -0.3 is 15.0 Å². The van der Waals surface area contributed by atoms with E-state index in [1.54, 1.807) is 31.2 Å². The molecule has 1 saturated heterocycles. The Kier molecular flexibility index (Phi) is 6.73. The van der Waals surface area contributed by atoms with Gasteiger partial charge in [0, 0.05) is 12.6 Å². The maximum Gasteiger partial charge on any atom is 0.275 e. The van der Waals surface area contributed by atoms with Gasteiger partial charge >= 0.3 is 0 Å². The molecule has 2 rings (SSSR count). The van der Waals surface area contributed by atoms with E-state index in [0.29, 0.717) is 19.8 Å². The van der Waals surface area contributed by atoms with Gasteiger partial charge in [0.2, 0.25) is 10.0 Å². The highest BCUT2D eigenvalue weighted by molar-refractivity contribution is 7.89. The minimum absolute atomic E-state index is 0.0751. The van der Waals surface area contributed by atoms with E-state index >= 15 is 0 Å². The van der Waals surface area contributed by atoms with Gasteiger partial charge in [0.25, 0.3) is 5.91 Å². The van der Waals surface area contributed by atoms with Crippen LogP contribution in [-0.4, -0.2) is 59.8 Å². The summed E-state index contributed by atoms with van der Waals surface area (Å²) in [5, 5.41) is 2.83. The molecule has 0 saturated carbocycles. The standard InChI is InChI=1S/C16H25N3O4S/c1-13-3-5-15(6-4-13)24(21,22)17-11-14(2)18-16(20)12-19-7-9-23-10-8-19/h3-6,14,17H,7-12H2,1-2H3,(H,18,20)/p+1. The Morgan fingerprint density at radius 2 is 1.88 bits per heavy atom. The summed E-state index contributed by atoms with van der Waals surface area (Å²) in [6, 6.07) is 6.37. The summed E-state index contributed by atoms with van der Waals surface area (Å²) in [6.07, 6.45) is 0. The number of sulfonamides is 1. The monoisotopic (exact) mass is 356 g/mol. The Balaban J connectivity index is 1.78. The average Bonchev–Trinajstić information content (AvgIpc) is 2.54. The second kappa shape index (κ2) is 8.57. The largest absolute Gasteiger partial charge is 0.370 e. The van der Waals surface area contributed by atoms with Crippen molar-refractivity contribution in [2.45, 2.75) is 24.8 Å². The molecule has 1 aliphatic heterocycles. The molecule has 3 N–H and O–H groups in total. The van der Waals surface area contributed by atoms with Crippen LogP contribution in [-0.2, 0) is 19.6 Å². The third-order valence-electron chi connectivity index (χ3n) is 3.93. The third-order valence-corrected chi connectivity index (χ3v) is 5.37. The van der Waals surface area contributed by atoms with Crippen molar-refractivity contribution in [3.8, 4) is 0 Å². The van der Waals surface area contributed by atoms with E-state index in [4.69, 9.17) is 4.74 Å². The predicted molar refractivity (Wildman–Crippen MR) is 90.4 cm³/mol. The summed E-state index contributed by atoms with van der Waals surface area (Å²) in [6.45, 7) is 7.22. The minimum atomic E-state index is -3.56. The maximum atomic E-state index is 12.2. The Morgan fingerprint density at radius 1 is 1.25 bits per heavy atom. The van der Waals surface area contributed by atoms with Crippen LogP contribution in [0.15, 0.2) is 29.2 Å². The molecular weight excluding hydrogens is 330 g/mol. The molecule has 0 spiro atoms. The van der Waals surface area contributed by atoms with E-state index in [0.717, 1.165) is 18.7 Å². The van der Waals surface area contributed by atoms with Crippen LogP contribution in [0.2, 0.25) is 0 Å². The van der Waals surface area contributed by atoms with Crippen LogP contribution >= 0.6 is 0 Å². The van der Waals surface area contributed by atoms with E-state index in [1.807, 2.05) is 6.92 Å². The van der Waals surface area contributed by atoms with Crippen molar-refractivity contribution >= 4 is 15.9 Å². The van der Waals surface area contributed by atoms with E-state index in [2.05, 4.69) is 10.0 Å². The molecule has 0 radical (unpaired) electrons. The van der Waals surface area contributed by atoms with Gasteiger partial charge in [-0.15, -0.1) is 0 Å². The topological polar surface area (TPSA) is 88.9 Å². The molecule has 1 aromatic rings. The first-order valence-corrected chi connectivity index (χ1v) is 9.62. The van der Waals surface area contributed by atoms with Gasteiger partial charge in [-0.3, -0.25) is 4.79 Å². The van der Waals surface area contributed by atoms with Crippen LogP contribution in [0.5, 0.6) is 0 Å². The Bertz CT molecular complexity index is 640.